The normalized spacial score (nSPS) is 13.4. The van der Waals surface area contributed by atoms with Crippen molar-refractivity contribution in [3.63, 3.8) is 0 Å². The van der Waals surface area contributed by atoms with Crippen molar-refractivity contribution in [3.05, 3.63) is 28.8 Å². The van der Waals surface area contributed by atoms with Gasteiger partial charge in [-0.3, -0.25) is 10.0 Å². The number of hydrogen-bond acceptors (Lipinski definition) is 4. The third-order valence-corrected chi connectivity index (χ3v) is 3.03. The highest BCUT2D eigenvalue weighted by molar-refractivity contribution is 5.98. The summed E-state index contributed by atoms with van der Waals surface area (Å²) in [6.07, 6.45) is 3.08. The molecule has 0 heterocycles. The van der Waals surface area contributed by atoms with Crippen LogP contribution in [0.2, 0.25) is 0 Å². The minimum atomic E-state index is -0.463. The van der Waals surface area contributed by atoms with Crippen molar-refractivity contribution in [2.75, 3.05) is 14.2 Å². The van der Waals surface area contributed by atoms with Crippen molar-refractivity contribution < 1.29 is 19.5 Å². The van der Waals surface area contributed by atoms with Gasteiger partial charge >= 0.3 is 0 Å². The third-order valence-electron chi connectivity index (χ3n) is 3.03. The summed E-state index contributed by atoms with van der Waals surface area (Å²) in [5.41, 5.74) is 4.22. The van der Waals surface area contributed by atoms with E-state index in [-0.39, 0.29) is 0 Å². The lowest BCUT2D eigenvalue weighted by atomic mass is 9.91. The molecule has 0 aliphatic heterocycles. The molecule has 5 nitrogen and oxygen atoms in total. The zero-order valence-electron chi connectivity index (χ0n) is 10.3. The van der Waals surface area contributed by atoms with Gasteiger partial charge in [-0.25, -0.2) is 5.48 Å². The summed E-state index contributed by atoms with van der Waals surface area (Å²) >= 11 is 0. The number of aryl methyl sites for hydroxylation is 1. The molecule has 1 aromatic rings. The molecule has 0 saturated heterocycles. The first-order valence-electron chi connectivity index (χ1n) is 5.59. The Kier molecular flexibility index (Phi) is 3.53. The van der Waals surface area contributed by atoms with Gasteiger partial charge in [0.25, 0.3) is 5.91 Å². The molecule has 1 aromatic carbocycles. The van der Waals surface area contributed by atoms with E-state index >= 15 is 0 Å². The summed E-state index contributed by atoms with van der Waals surface area (Å²) in [7, 11) is 3.16. The maximum absolute atomic E-state index is 11.4. The second-order valence-corrected chi connectivity index (χ2v) is 4.02. The van der Waals surface area contributed by atoms with Crippen LogP contribution in [0.4, 0.5) is 0 Å². The van der Waals surface area contributed by atoms with Crippen molar-refractivity contribution in [2.45, 2.75) is 12.8 Å². The number of carbonyl (C=O) groups is 1. The topological polar surface area (TPSA) is 67.8 Å². The van der Waals surface area contributed by atoms with Crippen LogP contribution in [0.1, 0.15) is 17.5 Å². The fraction of sp³-hybridized carbons (Fsp3) is 0.308. The first kappa shape index (κ1) is 12.4. The van der Waals surface area contributed by atoms with Gasteiger partial charge in [0.15, 0.2) is 11.5 Å². The molecule has 0 fully saturated rings. The van der Waals surface area contributed by atoms with Gasteiger partial charge in [-0.1, -0.05) is 0 Å². The SMILES string of the molecule is COc1cc2c(cc1OC)CCC(C(=O)NO)=C2. The Morgan fingerprint density at radius 1 is 1.22 bits per heavy atom. The summed E-state index contributed by atoms with van der Waals surface area (Å²) in [5.74, 6) is 0.841. The minimum Gasteiger partial charge on any atom is -0.493 e. The molecule has 0 unspecified atom stereocenters. The van der Waals surface area contributed by atoms with Crippen LogP contribution in [0.5, 0.6) is 11.5 Å². The molecule has 0 radical (unpaired) electrons. The van der Waals surface area contributed by atoms with E-state index in [0.717, 1.165) is 17.5 Å². The van der Waals surface area contributed by atoms with Crippen LogP contribution < -0.4 is 15.0 Å². The Bertz CT molecular complexity index is 508. The second kappa shape index (κ2) is 5.10. The summed E-state index contributed by atoms with van der Waals surface area (Å²) < 4.78 is 10.5. The van der Waals surface area contributed by atoms with E-state index in [0.29, 0.717) is 23.5 Å². The van der Waals surface area contributed by atoms with E-state index in [9.17, 15) is 4.79 Å². The fourth-order valence-electron chi connectivity index (χ4n) is 2.07. The molecule has 2 rings (SSSR count). The Morgan fingerprint density at radius 3 is 2.50 bits per heavy atom. The zero-order chi connectivity index (χ0) is 13.1. The van der Waals surface area contributed by atoms with E-state index in [1.165, 1.54) is 0 Å². The number of hydrogen-bond donors (Lipinski definition) is 2. The van der Waals surface area contributed by atoms with Crippen molar-refractivity contribution in [3.8, 4) is 11.5 Å². The van der Waals surface area contributed by atoms with Gasteiger partial charge in [0.05, 0.1) is 14.2 Å². The molecule has 96 valence electrons. The number of benzene rings is 1. The number of rotatable bonds is 3. The molecule has 18 heavy (non-hydrogen) atoms. The number of nitrogens with one attached hydrogen (secondary N) is 1. The lowest BCUT2D eigenvalue weighted by Crippen LogP contribution is -2.22. The highest BCUT2D eigenvalue weighted by atomic mass is 16.5. The number of fused-ring (bicyclic) bond motifs is 1. The third kappa shape index (κ3) is 2.17. The van der Waals surface area contributed by atoms with Gasteiger partial charge in [-0.2, -0.15) is 0 Å². The van der Waals surface area contributed by atoms with Gasteiger partial charge in [0.1, 0.15) is 0 Å². The van der Waals surface area contributed by atoms with Gasteiger partial charge in [0, 0.05) is 5.57 Å². The van der Waals surface area contributed by atoms with E-state index in [4.69, 9.17) is 14.7 Å². The lowest BCUT2D eigenvalue weighted by molar-refractivity contribution is -0.125. The first-order valence-corrected chi connectivity index (χ1v) is 5.59. The van der Waals surface area contributed by atoms with E-state index in [2.05, 4.69) is 0 Å². The molecular weight excluding hydrogens is 234 g/mol. The minimum absolute atomic E-state index is 0.463. The number of amides is 1. The molecule has 0 atom stereocenters. The van der Waals surface area contributed by atoms with Gasteiger partial charge in [0.2, 0.25) is 0 Å². The maximum atomic E-state index is 11.4. The van der Waals surface area contributed by atoms with Crippen LogP contribution >= 0.6 is 0 Å². The van der Waals surface area contributed by atoms with Gasteiger partial charge in [-0.05, 0) is 42.2 Å². The van der Waals surface area contributed by atoms with Crippen molar-refractivity contribution in [2.24, 2.45) is 0 Å². The van der Waals surface area contributed by atoms with Crippen molar-refractivity contribution in [1.82, 2.24) is 5.48 Å². The largest absolute Gasteiger partial charge is 0.493 e. The summed E-state index contributed by atoms with van der Waals surface area (Å²) in [5, 5.41) is 8.63. The molecule has 0 bridgehead atoms. The average Bonchev–Trinajstić information content (AvgIpc) is 2.44. The molecule has 0 spiro atoms. The molecule has 0 aromatic heterocycles. The Hall–Kier alpha value is -2.01. The maximum Gasteiger partial charge on any atom is 0.270 e. The van der Waals surface area contributed by atoms with E-state index in [1.807, 2.05) is 12.1 Å². The quantitative estimate of drug-likeness (QED) is 0.630. The van der Waals surface area contributed by atoms with Crippen LogP contribution in [-0.2, 0) is 11.2 Å². The van der Waals surface area contributed by atoms with Crippen molar-refractivity contribution in [1.29, 1.82) is 0 Å². The average molecular weight is 249 g/mol. The summed E-state index contributed by atoms with van der Waals surface area (Å²) in [4.78, 5) is 11.4. The zero-order valence-corrected chi connectivity index (χ0v) is 10.3. The molecule has 0 saturated carbocycles. The van der Waals surface area contributed by atoms with E-state index < -0.39 is 5.91 Å². The predicted octanol–water partition coefficient (Wildman–Crippen LogP) is 1.54. The second-order valence-electron chi connectivity index (χ2n) is 4.02. The van der Waals surface area contributed by atoms with Crippen LogP contribution in [0.25, 0.3) is 6.08 Å². The Balaban J connectivity index is 2.44. The standard InChI is InChI=1S/C13H15NO4/c1-17-11-6-8-3-4-9(13(15)14-16)5-10(8)7-12(11)18-2/h5-7,16H,3-4H2,1-2H3,(H,14,15). The van der Waals surface area contributed by atoms with Gasteiger partial charge in [-0.15, -0.1) is 0 Å². The smallest absolute Gasteiger partial charge is 0.270 e. The molecule has 1 amide bonds. The van der Waals surface area contributed by atoms with E-state index in [1.54, 1.807) is 25.8 Å². The molecule has 1 aliphatic rings. The molecule has 1 aliphatic carbocycles. The summed E-state index contributed by atoms with van der Waals surface area (Å²) in [6, 6.07) is 3.75. The number of carbonyl (C=O) groups excluding carboxylic acids is 1. The number of ether oxygens (including phenoxy) is 2. The summed E-state index contributed by atoms with van der Waals surface area (Å²) in [6.45, 7) is 0. The van der Waals surface area contributed by atoms with Gasteiger partial charge < -0.3 is 9.47 Å². The lowest BCUT2D eigenvalue weighted by Gasteiger charge is -2.18. The van der Waals surface area contributed by atoms with Crippen LogP contribution in [0.15, 0.2) is 17.7 Å². The highest BCUT2D eigenvalue weighted by Crippen LogP contribution is 2.34. The monoisotopic (exact) mass is 249 g/mol. The fourth-order valence-corrected chi connectivity index (χ4v) is 2.07. The Labute approximate surface area is 105 Å². The highest BCUT2D eigenvalue weighted by Gasteiger charge is 2.18. The molecular formula is C13H15NO4. The number of methoxy groups -OCH3 is 2. The predicted molar refractivity (Wildman–Crippen MR) is 65.8 cm³/mol. The van der Waals surface area contributed by atoms with Crippen LogP contribution in [-0.4, -0.2) is 25.3 Å². The Morgan fingerprint density at radius 2 is 1.89 bits per heavy atom. The first-order chi connectivity index (χ1) is 8.69. The molecule has 5 heteroatoms. The van der Waals surface area contributed by atoms with Crippen LogP contribution in [0, 0.1) is 0 Å². The molecule has 2 N–H and O–H groups in total. The van der Waals surface area contributed by atoms with Crippen molar-refractivity contribution >= 4 is 12.0 Å². The van der Waals surface area contributed by atoms with Crippen LogP contribution in [0.3, 0.4) is 0 Å². The number of hydroxylamine groups is 1.